The maximum atomic E-state index is 12.9. The van der Waals surface area contributed by atoms with E-state index in [0.717, 1.165) is 18.9 Å². The summed E-state index contributed by atoms with van der Waals surface area (Å²) in [5, 5.41) is 19.1. The molecule has 0 atom stereocenters. The summed E-state index contributed by atoms with van der Waals surface area (Å²) in [6.45, 7) is 0. The highest BCUT2D eigenvalue weighted by molar-refractivity contribution is 9.10. The number of hydrogen-bond donors (Lipinski definition) is 2. The van der Waals surface area contributed by atoms with Gasteiger partial charge in [0.2, 0.25) is 0 Å². The second-order valence-electron chi connectivity index (χ2n) is 3.80. The third-order valence-corrected chi connectivity index (χ3v) is 3.08. The van der Waals surface area contributed by atoms with Crippen LogP contribution in [0.2, 0.25) is 0 Å². The van der Waals surface area contributed by atoms with E-state index < -0.39 is 11.4 Å². The van der Waals surface area contributed by atoms with Crippen LogP contribution in [0.4, 0.5) is 4.39 Å². The maximum absolute atomic E-state index is 12.9. The summed E-state index contributed by atoms with van der Waals surface area (Å²) < 4.78 is 13.3. The van der Waals surface area contributed by atoms with Crippen molar-refractivity contribution >= 4 is 15.9 Å². The number of halogens is 2. The Bertz CT molecular complexity index is 375. The molecule has 0 radical (unpaired) electrons. The summed E-state index contributed by atoms with van der Waals surface area (Å²) in [5.41, 5.74) is -0.0901. The molecule has 0 heterocycles. The van der Waals surface area contributed by atoms with Crippen LogP contribution in [-0.4, -0.2) is 15.8 Å². The van der Waals surface area contributed by atoms with E-state index in [2.05, 4.69) is 15.9 Å². The fourth-order valence-corrected chi connectivity index (χ4v) is 1.79. The zero-order valence-electron chi connectivity index (χ0n) is 7.43. The van der Waals surface area contributed by atoms with Gasteiger partial charge in [-0.15, -0.1) is 0 Å². The quantitative estimate of drug-likeness (QED) is 0.857. The minimum absolute atomic E-state index is 0.0916. The number of aromatic hydroxyl groups is 1. The topological polar surface area (TPSA) is 40.5 Å². The number of rotatable bonds is 2. The second-order valence-corrected chi connectivity index (χ2v) is 4.65. The lowest BCUT2D eigenvalue weighted by molar-refractivity contribution is 0.150. The van der Waals surface area contributed by atoms with E-state index in [1.54, 1.807) is 0 Å². The molecule has 2 nitrogen and oxygen atoms in total. The van der Waals surface area contributed by atoms with Gasteiger partial charge in [0.15, 0.2) is 0 Å². The predicted octanol–water partition coefficient (Wildman–Crippen LogP) is 2.36. The number of hydrogen-bond acceptors (Lipinski definition) is 2. The Morgan fingerprint density at radius 3 is 2.64 bits per heavy atom. The van der Waals surface area contributed by atoms with Crippen LogP contribution in [0.5, 0.6) is 5.75 Å². The molecule has 0 aliphatic heterocycles. The normalized spacial score (nSPS) is 18.2. The lowest BCUT2D eigenvalue weighted by atomic mass is 10.1. The Morgan fingerprint density at radius 2 is 2.07 bits per heavy atom. The van der Waals surface area contributed by atoms with Gasteiger partial charge in [0, 0.05) is 12.5 Å². The molecule has 1 aromatic carbocycles. The third-order valence-electron chi connectivity index (χ3n) is 2.47. The average Bonchev–Trinajstić information content (AvgIpc) is 2.80. The van der Waals surface area contributed by atoms with Crippen molar-refractivity contribution in [3.05, 3.63) is 28.0 Å². The Hall–Kier alpha value is -0.610. The Labute approximate surface area is 89.5 Å². The van der Waals surface area contributed by atoms with E-state index in [1.807, 2.05) is 0 Å². The molecule has 0 amide bonds. The van der Waals surface area contributed by atoms with Crippen molar-refractivity contribution in [3.8, 4) is 5.75 Å². The van der Waals surface area contributed by atoms with Crippen molar-refractivity contribution in [3.63, 3.8) is 0 Å². The van der Waals surface area contributed by atoms with Crippen molar-refractivity contribution in [1.29, 1.82) is 0 Å². The van der Waals surface area contributed by atoms with Crippen LogP contribution >= 0.6 is 15.9 Å². The molecule has 1 aliphatic carbocycles. The van der Waals surface area contributed by atoms with E-state index in [0.29, 0.717) is 16.5 Å². The molecule has 0 bridgehead atoms. The summed E-state index contributed by atoms with van der Waals surface area (Å²) in [4.78, 5) is 0. The molecule has 76 valence electrons. The lowest BCUT2D eigenvalue weighted by Gasteiger charge is -2.10. The Morgan fingerprint density at radius 1 is 1.43 bits per heavy atom. The number of benzene rings is 1. The first-order chi connectivity index (χ1) is 6.50. The van der Waals surface area contributed by atoms with Crippen molar-refractivity contribution in [2.24, 2.45) is 0 Å². The molecule has 0 unspecified atom stereocenters. The van der Waals surface area contributed by atoms with Gasteiger partial charge >= 0.3 is 0 Å². The van der Waals surface area contributed by atoms with Gasteiger partial charge in [-0.25, -0.2) is 4.39 Å². The maximum Gasteiger partial charge on any atom is 0.141 e. The van der Waals surface area contributed by atoms with Gasteiger partial charge in [-0.05, 0) is 40.4 Å². The minimum Gasteiger partial charge on any atom is -0.508 e. The van der Waals surface area contributed by atoms with Gasteiger partial charge < -0.3 is 10.2 Å². The molecule has 2 rings (SSSR count). The standard InChI is InChI=1S/C10H10BrFO2/c11-7-3-6(5-10(14)1-2-10)9(13)4-8(7)12/h3-4,13-14H,1-2,5H2. The van der Waals surface area contributed by atoms with E-state index in [4.69, 9.17) is 0 Å². The van der Waals surface area contributed by atoms with Gasteiger partial charge in [-0.1, -0.05) is 0 Å². The summed E-state index contributed by atoms with van der Waals surface area (Å²) in [7, 11) is 0. The van der Waals surface area contributed by atoms with Crippen LogP contribution in [0.3, 0.4) is 0 Å². The highest BCUT2D eigenvalue weighted by Crippen LogP contribution is 2.40. The Kier molecular flexibility index (Phi) is 2.27. The molecule has 2 N–H and O–H groups in total. The van der Waals surface area contributed by atoms with Gasteiger partial charge in [0.05, 0.1) is 10.1 Å². The van der Waals surface area contributed by atoms with Crippen LogP contribution in [0.15, 0.2) is 16.6 Å². The highest BCUT2D eigenvalue weighted by atomic mass is 79.9. The molecule has 1 aromatic rings. The van der Waals surface area contributed by atoms with Crippen LogP contribution in [-0.2, 0) is 6.42 Å². The second kappa shape index (κ2) is 3.21. The van der Waals surface area contributed by atoms with Gasteiger partial charge in [-0.3, -0.25) is 0 Å². The van der Waals surface area contributed by atoms with Crippen LogP contribution in [0.1, 0.15) is 18.4 Å². The van der Waals surface area contributed by atoms with E-state index in [1.165, 1.54) is 6.07 Å². The van der Waals surface area contributed by atoms with E-state index in [-0.39, 0.29) is 5.75 Å². The van der Waals surface area contributed by atoms with Crippen LogP contribution in [0, 0.1) is 5.82 Å². The van der Waals surface area contributed by atoms with E-state index >= 15 is 0 Å². The first-order valence-corrected chi connectivity index (χ1v) is 5.19. The SMILES string of the molecule is Oc1cc(F)c(Br)cc1CC1(O)CC1. The summed E-state index contributed by atoms with van der Waals surface area (Å²) in [6, 6.07) is 2.58. The van der Waals surface area contributed by atoms with Gasteiger partial charge in [0.1, 0.15) is 11.6 Å². The molecule has 4 heteroatoms. The molecule has 1 saturated carbocycles. The third kappa shape index (κ3) is 1.91. The molecule has 0 spiro atoms. The monoisotopic (exact) mass is 260 g/mol. The molecule has 0 saturated heterocycles. The number of phenolic OH excluding ortho intramolecular Hbond substituents is 1. The van der Waals surface area contributed by atoms with Crippen LogP contribution < -0.4 is 0 Å². The minimum atomic E-state index is -0.672. The first kappa shape index (κ1) is 9.93. The number of aliphatic hydroxyl groups is 1. The predicted molar refractivity (Wildman–Crippen MR) is 53.7 cm³/mol. The van der Waals surface area contributed by atoms with Crippen molar-refractivity contribution in [1.82, 2.24) is 0 Å². The van der Waals surface area contributed by atoms with Crippen molar-refractivity contribution in [2.45, 2.75) is 24.9 Å². The fourth-order valence-electron chi connectivity index (χ4n) is 1.39. The Balaban J connectivity index is 2.29. The average molecular weight is 261 g/mol. The zero-order valence-corrected chi connectivity index (χ0v) is 9.01. The first-order valence-electron chi connectivity index (χ1n) is 4.39. The largest absolute Gasteiger partial charge is 0.508 e. The molecule has 1 fully saturated rings. The molecule has 0 aromatic heterocycles. The van der Waals surface area contributed by atoms with Crippen LogP contribution in [0.25, 0.3) is 0 Å². The molecular weight excluding hydrogens is 251 g/mol. The summed E-state index contributed by atoms with van der Waals surface area (Å²) >= 11 is 3.04. The fraction of sp³-hybridized carbons (Fsp3) is 0.400. The molecule has 14 heavy (non-hydrogen) atoms. The zero-order chi connectivity index (χ0) is 10.3. The van der Waals surface area contributed by atoms with Gasteiger partial charge in [-0.2, -0.15) is 0 Å². The van der Waals surface area contributed by atoms with Crippen molar-refractivity contribution in [2.75, 3.05) is 0 Å². The molecule has 1 aliphatic rings. The summed E-state index contributed by atoms with van der Waals surface area (Å²) in [5.74, 6) is -0.583. The number of phenols is 1. The van der Waals surface area contributed by atoms with E-state index in [9.17, 15) is 14.6 Å². The molecular formula is C10H10BrFO2. The summed E-state index contributed by atoms with van der Waals surface area (Å²) in [6.07, 6.45) is 1.89. The smallest absolute Gasteiger partial charge is 0.141 e. The lowest BCUT2D eigenvalue weighted by Crippen LogP contribution is -2.10. The highest BCUT2D eigenvalue weighted by Gasteiger charge is 2.40. The van der Waals surface area contributed by atoms with Crippen molar-refractivity contribution < 1.29 is 14.6 Å². The van der Waals surface area contributed by atoms with Gasteiger partial charge in [0.25, 0.3) is 0 Å².